The summed E-state index contributed by atoms with van der Waals surface area (Å²) in [5.41, 5.74) is 2.12. The molecule has 1 aliphatic heterocycles. The van der Waals surface area contributed by atoms with E-state index in [9.17, 15) is 9.59 Å². The van der Waals surface area contributed by atoms with Crippen LogP contribution in [0.1, 0.15) is 32.3 Å². The van der Waals surface area contributed by atoms with Crippen LogP contribution in [0.4, 0.5) is 5.69 Å². The molecule has 1 saturated heterocycles. The lowest BCUT2D eigenvalue weighted by molar-refractivity contribution is -0.897. The predicted molar refractivity (Wildman–Crippen MR) is 86.9 cm³/mol. The molecule has 0 bridgehead atoms. The lowest BCUT2D eigenvalue weighted by Gasteiger charge is -2.29. The van der Waals surface area contributed by atoms with Crippen LogP contribution in [0.15, 0.2) is 24.3 Å². The fourth-order valence-corrected chi connectivity index (χ4v) is 2.89. The quantitative estimate of drug-likeness (QED) is 0.736. The molecule has 1 fully saturated rings. The number of carbonyl (C=O) groups excluding carboxylic acids is 2. The molecule has 1 aromatic rings. The van der Waals surface area contributed by atoms with Gasteiger partial charge in [-0.25, -0.2) is 0 Å². The Morgan fingerprint density at radius 2 is 1.82 bits per heavy atom. The van der Waals surface area contributed by atoms with E-state index in [1.807, 2.05) is 24.3 Å². The van der Waals surface area contributed by atoms with Crippen molar-refractivity contribution in [1.82, 2.24) is 5.32 Å². The Hall–Kier alpha value is -1.88. The van der Waals surface area contributed by atoms with Crippen molar-refractivity contribution in [3.05, 3.63) is 29.8 Å². The Morgan fingerprint density at radius 3 is 2.36 bits per heavy atom. The van der Waals surface area contributed by atoms with Gasteiger partial charge in [-0.05, 0) is 24.1 Å². The van der Waals surface area contributed by atoms with Gasteiger partial charge in [-0.15, -0.1) is 0 Å². The number of amides is 2. The van der Waals surface area contributed by atoms with Gasteiger partial charge in [-0.2, -0.15) is 0 Å². The molecule has 1 aromatic carbocycles. The number of piperidine rings is 1. The van der Waals surface area contributed by atoms with E-state index in [1.54, 1.807) is 6.92 Å². The summed E-state index contributed by atoms with van der Waals surface area (Å²) in [7, 11) is 0. The molecule has 1 heterocycles. The molecular formula is C17H26N3O2+. The number of hydrogen-bond acceptors (Lipinski definition) is 2. The van der Waals surface area contributed by atoms with E-state index in [4.69, 9.17) is 0 Å². The van der Waals surface area contributed by atoms with Crippen molar-refractivity contribution in [3.63, 3.8) is 0 Å². The highest BCUT2D eigenvalue weighted by atomic mass is 16.2. The predicted octanol–water partition coefficient (Wildman–Crippen LogP) is 0.371. The van der Waals surface area contributed by atoms with Gasteiger partial charge in [-0.3, -0.25) is 9.59 Å². The zero-order valence-corrected chi connectivity index (χ0v) is 13.4. The summed E-state index contributed by atoms with van der Waals surface area (Å²) < 4.78 is 0. The summed E-state index contributed by atoms with van der Waals surface area (Å²) in [6, 6.07) is 8.26. The molecular weight excluding hydrogens is 278 g/mol. The first-order valence-electron chi connectivity index (χ1n) is 8.06. The third-order valence-electron chi connectivity index (χ3n) is 4.16. The molecule has 0 spiro atoms. The van der Waals surface area contributed by atoms with Gasteiger partial charge in [0.1, 0.15) is 0 Å². The molecule has 0 radical (unpaired) electrons. The van der Waals surface area contributed by atoms with Crippen LogP contribution in [-0.4, -0.2) is 37.5 Å². The van der Waals surface area contributed by atoms with Gasteiger partial charge < -0.3 is 15.5 Å². The molecule has 5 heteroatoms. The molecule has 2 rings (SSSR count). The number of aryl methyl sites for hydroxylation is 1. The van der Waals surface area contributed by atoms with Crippen molar-refractivity contribution in [2.24, 2.45) is 0 Å². The van der Waals surface area contributed by atoms with Crippen LogP contribution in [0.5, 0.6) is 0 Å². The molecule has 3 N–H and O–H groups in total. The molecule has 2 amide bonds. The van der Waals surface area contributed by atoms with Gasteiger partial charge in [0, 0.05) is 31.5 Å². The molecule has 0 atom stereocenters. The van der Waals surface area contributed by atoms with Gasteiger partial charge in [0.2, 0.25) is 5.91 Å². The lowest BCUT2D eigenvalue weighted by Crippen LogP contribution is -3.14. The standard InChI is InChI=1S/C17H25N3O2/c1-3-14-4-6-15(7-5-14)19-17(22)12-20-10-8-16(9-11-20)18-13(2)21/h4-7,16H,3,8-12H2,1-2H3,(H,18,21)(H,19,22)/p+1. The minimum atomic E-state index is 0.0294. The number of rotatable bonds is 5. The van der Waals surface area contributed by atoms with Crippen LogP contribution in [-0.2, 0) is 16.0 Å². The molecule has 120 valence electrons. The fraction of sp³-hybridized carbons (Fsp3) is 0.529. The zero-order chi connectivity index (χ0) is 15.9. The van der Waals surface area contributed by atoms with Crippen molar-refractivity contribution < 1.29 is 14.5 Å². The van der Waals surface area contributed by atoms with Crippen LogP contribution >= 0.6 is 0 Å². The van der Waals surface area contributed by atoms with E-state index in [1.165, 1.54) is 10.5 Å². The first-order chi connectivity index (χ1) is 10.6. The topological polar surface area (TPSA) is 62.6 Å². The number of anilines is 1. The molecule has 0 aromatic heterocycles. The summed E-state index contributed by atoms with van der Waals surface area (Å²) >= 11 is 0. The van der Waals surface area contributed by atoms with Crippen molar-refractivity contribution in [3.8, 4) is 0 Å². The monoisotopic (exact) mass is 304 g/mol. The van der Waals surface area contributed by atoms with Gasteiger partial charge >= 0.3 is 0 Å². The third kappa shape index (κ3) is 5.15. The molecule has 22 heavy (non-hydrogen) atoms. The normalized spacial score (nSPS) is 21.2. The Morgan fingerprint density at radius 1 is 1.18 bits per heavy atom. The average Bonchev–Trinajstić information content (AvgIpc) is 2.49. The Labute approximate surface area is 132 Å². The second-order valence-corrected chi connectivity index (χ2v) is 6.00. The first kappa shape index (κ1) is 16.5. The van der Waals surface area contributed by atoms with E-state index >= 15 is 0 Å². The molecule has 5 nitrogen and oxygen atoms in total. The second-order valence-electron chi connectivity index (χ2n) is 6.00. The Bertz CT molecular complexity index is 505. The summed E-state index contributed by atoms with van der Waals surface area (Å²) in [6.45, 7) is 6.00. The summed E-state index contributed by atoms with van der Waals surface area (Å²) in [5.74, 6) is 0.0824. The van der Waals surface area contributed by atoms with E-state index < -0.39 is 0 Å². The van der Waals surface area contributed by atoms with Crippen molar-refractivity contribution in [1.29, 1.82) is 0 Å². The third-order valence-corrected chi connectivity index (χ3v) is 4.16. The van der Waals surface area contributed by atoms with E-state index in [-0.39, 0.29) is 17.9 Å². The first-order valence-corrected chi connectivity index (χ1v) is 8.06. The highest BCUT2D eigenvalue weighted by Crippen LogP contribution is 2.09. The molecule has 1 aliphatic rings. The minimum Gasteiger partial charge on any atom is -0.353 e. The van der Waals surface area contributed by atoms with Gasteiger partial charge in [0.25, 0.3) is 5.91 Å². The number of quaternary nitrogens is 1. The second kappa shape index (κ2) is 7.94. The van der Waals surface area contributed by atoms with Gasteiger partial charge in [0.15, 0.2) is 6.54 Å². The van der Waals surface area contributed by atoms with E-state index in [0.29, 0.717) is 6.54 Å². The highest BCUT2D eigenvalue weighted by molar-refractivity contribution is 5.91. The van der Waals surface area contributed by atoms with Gasteiger partial charge in [-0.1, -0.05) is 19.1 Å². The zero-order valence-electron chi connectivity index (χ0n) is 13.4. The number of hydrogen-bond donors (Lipinski definition) is 3. The molecule has 0 unspecified atom stereocenters. The van der Waals surface area contributed by atoms with Crippen LogP contribution in [0.25, 0.3) is 0 Å². The maximum absolute atomic E-state index is 12.1. The van der Waals surface area contributed by atoms with Crippen LogP contribution in [0.2, 0.25) is 0 Å². The largest absolute Gasteiger partial charge is 0.353 e. The fourth-order valence-electron chi connectivity index (χ4n) is 2.89. The number of likely N-dealkylation sites (tertiary alicyclic amines) is 1. The van der Waals surface area contributed by atoms with Crippen molar-refractivity contribution >= 4 is 17.5 Å². The maximum Gasteiger partial charge on any atom is 0.279 e. The SMILES string of the molecule is CCc1ccc(NC(=O)C[NH+]2CCC(NC(C)=O)CC2)cc1. The molecule has 0 aliphatic carbocycles. The number of nitrogens with one attached hydrogen (secondary N) is 3. The van der Waals surface area contributed by atoms with Crippen LogP contribution in [0.3, 0.4) is 0 Å². The van der Waals surface area contributed by atoms with E-state index in [2.05, 4.69) is 17.6 Å². The summed E-state index contributed by atoms with van der Waals surface area (Å²) in [6.07, 6.45) is 2.88. The highest BCUT2D eigenvalue weighted by Gasteiger charge is 2.24. The van der Waals surface area contributed by atoms with E-state index in [0.717, 1.165) is 38.0 Å². The Kier molecular flexibility index (Phi) is 5.95. The average molecular weight is 304 g/mol. The number of benzene rings is 1. The summed E-state index contributed by atoms with van der Waals surface area (Å²) in [5, 5.41) is 5.91. The maximum atomic E-state index is 12.1. The number of carbonyl (C=O) groups is 2. The van der Waals surface area contributed by atoms with Gasteiger partial charge in [0.05, 0.1) is 13.1 Å². The van der Waals surface area contributed by atoms with Crippen molar-refractivity contribution in [2.45, 2.75) is 39.2 Å². The lowest BCUT2D eigenvalue weighted by atomic mass is 10.1. The summed E-state index contributed by atoms with van der Waals surface area (Å²) in [4.78, 5) is 24.4. The smallest absolute Gasteiger partial charge is 0.279 e. The Balaban J connectivity index is 1.74. The van der Waals surface area contributed by atoms with Crippen LogP contribution < -0.4 is 15.5 Å². The van der Waals surface area contributed by atoms with Crippen molar-refractivity contribution in [2.75, 3.05) is 25.0 Å². The van der Waals surface area contributed by atoms with Crippen LogP contribution in [0, 0.1) is 0 Å². The molecule has 0 saturated carbocycles. The minimum absolute atomic E-state index is 0.0294.